The van der Waals surface area contributed by atoms with Gasteiger partial charge < -0.3 is 18.9 Å². The highest BCUT2D eigenvalue weighted by molar-refractivity contribution is 7.14. The van der Waals surface area contributed by atoms with Gasteiger partial charge in [0.05, 0.1) is 21.1 Å². The lowest BCUT2D eigenvalue weighted by molar-refractivity contribution is 0.172. The molecule has 0 fully saturated rings. The lowest BCUT2D eigenvalue weighted by Crippen LogP contribution is -2.14. The Morgan fingerprint density at radius 1 is 0.611 bits per heavy atom. The van der Waals surface area contributed by atoms with E-state index in [1.54, 1.807) is 22.7 Å². The molecule has 2 aliphatic heterocycles. The molecule has 36 heavy (non-hydrogen) atoms. The van der Waals surface area contributed by atoms with E-state index in [9.17, 15) is 0 Å². The third-order valence-electron chi connectivity index (χ3n) is 5.86. The number of pyridine rings is 2. The summed E-state index contributed by atoms with van der Waals surface area (Å²) in [7, 11) is 0. The van der Waals surface area contributed by atoms with Crippen molar-refractivity contribution in [2.45, 2.75) is 13.8 Å². The summed E-state index contributed by atoms with van der Waals surface area (Å²) in [4.78, 5) is 13.5. The van der Waals surface area contributed by atoms with Crippen molar-refractivity contribution in [2.24, 2.45) is 0 Å². The van der Waals surface area contributed by atoms with Crippen LogP contribution in [0.3, 0.4) is 0 Å². The first kappa shape index (κ1) is 22.8. The number of aryl methyl sites for hydroxylation is 2. The van der Waals surface area contributed by atoms with Gasteiger partial charge in [0.1, 0.15) is 26.4 Å². The van der Waals surface area contributed by atoms with Crippen molar-refractivity contribution in [3.63, 3.8) is 0 Å². The molecular weight excluding hydrogens is 492 g/mol. The summed E-state index contributed by atoms with van der Waals surface area (Å²) in [5, 5.41) is 0. The van der Waals surface area contributed by atoms with E-state index in [4.69, 9.17) is 18.9 Å². The van der Waals surface area contributed by atoms with Gasteiger partial charge in [-0.15, -0.1) is 22.7 Å². The van der Waals surface area contributed by atoms with E-state index in [1.807, 2.05) is 36.7 Å². The van der Waals surface area contributed by atoms with Gasteiger partial charge in [-0.3, -0.25) is 9.97 Å². The summed E-state index contributed by atoms with van der Waals surface area (Å²) in [6.07, 6.45) is 11.9. The molecule has 0 saturated carbocycles. The minimum Gasteiger partial charge on any atom is -0.485 e. The summed E-state index contributed by atoms with van der Waals surface area (Å²) in [5.74, 6) is 3.42. The highest BCUT2D eigenvalue weighted by Gasteiger charge is 2.21. The Balaban J connectivity index is 1.23. The molecule has 8 heteroatoms. The Hall–Kier alpha value is -3.62. The van der Waals surface area contributed by atoms with E-state index in [0.29, 0.717) is 26.4 Å². The van der Waals surface area contributed by atoms with Gasteiger partial charge in [0.15, 0.2) is 23.0 Å². The summed E-state index contributed by atoms with van der Waals surface area (Å²) in [6, 6.07) is 8.05. The number of aromatic nitrogens is 2. The van der Waals surface area contributed by atoms with Crippen LogP contribution in [-0.4, -0.2) is 36.4 Å². The molecule has 0 amide bonds. The zero-order chi connectivity index (χ0) is 24.5. The first-order valence-electron chi connectivity index (χ1n) is 11.7. The lowest BCUT2D eigenvalue weighted by atomic mass is 10.1. The molecule has 0 atom stereocenters. The number of fused-ring (bicyclic) bond motifs is 2. The molecular formula is C28H24N2O4S2. The van der Waals surface area contributed by atoms with E-state index < -0.39 is 0 Å². The minimum absolute atomic E-state index is 0.579. The Labute approximate surface area is 217 Å². The van der Waals surface area contributed by atoms with Crippen LogP contribution in [0.4, 0.5) is 0 Å². The van der Waals surface area contributed by atoms with E-state index in [1.165, 1.54) is 0 Å². The quantitative estimate of drug-likeness (QED) is 0.292. The Morgan fingerprint density at radius 3 is 1.47 bits per heavy atom. The number of thiophene rings is 2. The molecule has 0 aromatic carbocycles. The molecule has 0 bridgehead atoms. The topological polar surface area (TPSA) is 62.7 Å². The number of hydrogen-bond donors (Lipinski definition) is 0. The normalized spacial score (nSPS) is 14.6. The average Bonchev–Trinajstić information content (AvgIpc) is 3.43. The average molecular weight is 517 g/mol. The maximum atomic E-state index is 5.85. The number of hydrogen-bond acceptors (Lipinski definition) is 8. The Morgan fingerprint density at radius 2 is 1.03 bits per heavy atom. The van der Waals surface area contributed by atoms with E-state index in [-0.39, 0.29) is 0 Å². The summed E-state index contributed by atoms with van der Waals surface area (Å²) < 4.78 is 23.2. The second kappa shape index (κ2) is 9.79. The van der Waals surface area contributed by atoms with Crippen molar-refractivity contribution >= 4 is 47.0 Å². The van der Waals surface area contributed by atoms with Crippen LogP contribution in [0.15, 0.2) is 36.7 Å². The summed E-state index contributed by atoms with van der Waals surface area (Å²) >= 11 is 3.35. The predicted molar refractivity (Wildman–Crippen MR) is 145 cm³/mol. The van der Waals surface area contributed by atoms with Crippen LogP contribution in [0.25, 0.3) is 35.7 Å². The largest absolute Gasteiger partial charge is 0.485 e. The summed E-state index contributed by atoms with van der Waals surface area (Å²) in [6.45, 7) is 6.47. The highest BCUT2D eigenvalue weighted by Crippen LogP contribution is 2.45. The zero-order valence-corrected chi connectivity index (χ0v) is 21.6. The molecule has 0 saturated heterocycles. The molecule has 0 spiro atoms. The van der Waals surface area contributed by atoms with Crippen LogP contribution in [-0.2, 0) is 0 Å². The maximum absolute atomic E-state index is 5.85. The molecule has 4 aromatic heterocycles. The second-order valence-corrected chi connectivity index (χ2v) is 10.9. The number of ether oxygens (including phenoxy) is 4. The monoisotopic (exact) mass is 516 g/mol. The summed E-state index contributed by atoms with van der Waals surface area (Å²) in [5.41, 5.74) is 3.71. The van der Waals surface area contributed by atoms with Gasteiger partial charge in [0.2, 0.25) is 0 Å². The molecule has 2 aliphatic rings. The standard InChI is InChI=1S/C28H24N2O4S2/c1-17-25-27(33-13-11-31-25)23(35-17)5-3-19-7-9-29-21(15-19)22-16-20(8-10-30-22)4-6-24-28-26(18(2)36-24)32-12-14-34-28/h3-10,15-16H,11-14H2,1-2H3/b5-3+,6-4+. The predicted octanol–water partition coefficient (Wildman–Crippen LogP) is 6.77. The van der Waals surface area contributed by atoms with Crippen LogP contribution in [0.2, 0.25) is 0 Å². The fraction of sp³-hybridized carbons (Fsp3) is 0.214. The number of nitrogens with zero attached hydrogens (tertiary/aromatic N) is 2. The smallest absolute Gasteiger partial charge is 0.179 e. The number of rotatable bonds is 5. The highest BCUT2D eigenvalue weighted by atomic mass is 32.1. The Bertz CT molecular complexity index is 1370. The molecule has 6 heterocycles. The van der Waals surface area contributed by atoms with Crippen LogP contribution in [0.5, 0.6) is 23.0 Å². The fourth-order valence-electron chi connectivity index (χ4n) is 4.19. The molecule has 0 unspecified atom stereocenters. The third-order valence-corrected chi connectivity index (χ3v) is 7.93. The zero-order valence-electron chi connectivity index (χ0n) is 19.9. The molecule has 0 aliphatic carbocycles. The van der Waals surface area contributed by atoms with E-state index in [2.05, 4.69) is 48.1 Å². The first-order chi connectivity index (χ1) is 17.7. The van der Waals surface area contributed by atoms with Crippen LogP contribution in [0, 0.1) is 13.8 Å². The Kier molecular flexibility index (Phi) is 6.21. The molecule has 0 N–H and O–H groups in total. The van der Waals surface area contributed by atoms with Crippen molar-refractivity contribution in [1.82, 2.24) is 9.97 Å². The van der Waals surface area contributed by atoms with Crippen LogP contribution >= 0.6 is 22.7 Å². The fourth-order valence-corrected chi connectivity index (χ4v) is 6.10. The molecule has 4 aromatic rings. The van der Waals surface area contributed by atoms with Crippen molar-refractivity contribution in [3.8, 4) is 34.4 Å². The first-order valence-corrected chi connectivity index (χ1v) is 13.4. The van der Waals surface area contributed by atoms with Gasteiger partial charge in [0, 0.05) is 22.1 Å². The lowest BCUT2D eigenvalue weighted by Gasteiger charge is -2.16. The van der Waals surface area contributed by atoms with Crippen molar-refractivity contribution in [3.05, 3.63) is 67.3 Å². The molecule has 182 valence electrons. The van der Waals surface area contributed by atoms with Gasteiger partial charge in [-0.25, -0.2) is 0 Å². The van der Waals surface area contributed by atoms with Gasteiger partial charge in [-0.05, 0) is 61.4 Å². The molecule has 6 rings (SSSR count). The van der Waals surface area contributed by atoms with Gasteiger partial charge >= 0.3 is 0 Å². The van der Waals surface area contributed by atoms with Gasteiger partial charge in [0.25, 0.3) is 0 Å². The minimum atomic E-state index is 0.579. The van der Waals surface area contributed by atoms with E-state index >= 15 is 0 Å². The van der Waals surface area contributed by atoms with Crippen molar-refractivity contribution in [2.75, 3.05) is 26.4 Å². The SMILES string of the molecule is Cc1sc(/C=C/c2ccnc(-c3cc(/C=C/c4sc(C)c5c4OCCO5)ccn3)c2)c2c1OCCO2. The third kappa shape index (κ3) is 4.50. The van der Waals surface area contributed by atoms with Crippen LogP contribution < -0.4 is 18.9 Å². The van der Waals surface area contributed by atoms with Gasteiger partial charge in [-0.2, -0.15) is 0 Å². The van der Waals surface area contributed by atoms with Crippen molar-refractivity contribution < 1.29 is 18.9 Å². The molecule has 6 nitrogen and oxygen atoms in total. The molecule has 0 radical (unpaired) electrons. The van der Waals surface area contributed by atoms with Crippen molar-refractivity contribution in [1.29, 1.82) is 0 Å². The van der Waals surface area contributed by atoms with E-state index in [0.717, 1.165) is 65.0 Å². The maximum Gasteiger partial charge on any atom is 0.179 e. The second-order valence-electron chi connectivity index (χ2n) is 8.37. The van der Waals surface area contributed by atoms with Crippen LogP contribution in [0.1, 0.15) is 30.6 Å². The van der Waals surface area contributed by atoms with Gasteiger partial charge in [-0.1, -0.05) is 12.2 Å².